The van der Waals surface area contributed by atoms with Gasteiger partial charge in [-0.15, -0.1) is 0 Å². The first-order valence-corrected chi connectivity index (χ1v) is 6.03. The van der Waals surface area contributed by atoms with Crippen molar-refractivity contribution in [3.63, 3.8) is 0 Å². The number of nitrogens with zero attached hydrogens (tertiary/aromatic N) is 1. The number of amides is 1. The lowest BCUT2D eigenvalue weighted by atomic mass is 10.0. The fourth-order valence-electron chi connectivity index (χ4n) is 1.44. The van der Waals surface area contributed by atoms with Gasteiger partial charge in [0.1, 0.15) is 0 Å². The molecule has 2 N–H and O–H groups in total. The maximum Gasteiger partial charge on any atom is 0.237 e. The molecule has 0 aliphatic rings. The molecule has 4 heteroatoms. The molecule has 4 nitrogen and oxygen atoms in total. The summed E-state index contributed by atoms with van der Waals surface area (Å²) in [7, 11) is 4.00. The maximum absolute atomic E-state index is 11.9. The summed E-state index contributed by atoms with van der Waals surface area (Å²) in [6.07, 6.45) is 0. The number of hydrogen-bond acceptors (Lipinski definition) is 3. The average Bonchev–Trinajstić information content (AvgIpc) is 2.12. The molecule has 0 heterocycles. The standard InChI is InChI=1S/C12H27N3O/c1-9(2)11(14-10(3)4)12(16)13-7-8-15(5)6/h9-11,14H,7-8H2,1-6H3,(H,13,16). The summed E-state index contributed by atoms with van der Waals surface area (Å²) in [4.78, 5) is 14.0. The van der Waals surface area contributed by atoms with Gasteiger partial charge in [0.15, 0.2) is 0 Å². The highest BCUT2D eigenvalue weighted by molar-refractivity contribution is 5.82. The summed E-state index contributed by atoms with van der Waals surface area (Å²) in [6.45, 7) is 9.81. The van der Waals surface area contributed by atoms with Crippen LogP contribution in [0.2, 0.25) is 0 Å². The first-order valence-electron chi connectivity index (χ1n) is 6.03. The molecule has 0 spiro atoms. The molecule has 0 aromatic rings. The Kier molecular flexibility index (Phi) is 7.34. The van der Waals surface area contributed by atoms with Gasteiger partial charge in [-0.2, -0.15) is 0 Å². The van der Waals surface area contributed by atoms with Gasteiger partial charge in [-0.1, -0.05) is 27.7 Å². The normalized spacial score (nSPS) is 13.6. The monoisotopic (exact) mass is 229 g/mol. The van der Waals surface area contributed by atoms with Crippen molar-refractivity contribution in [2.75, 3.05) is 27.2 Å². The largest absolute Gasteiger partial charge is 0.353 e. The molecule has 1 unspecified atom stereocenters. The van der Waals surface area contributed by atoms with Crippen LogP contribution in [0.1, 0.15) is 27.7 Å². The van der Waals surface area contributed by atoms with Gasteiger partial charge in [0.25, 0.3) is 0 Å². The zero-order valence-electron chi connectivity index (χ0n) is 11.5. The van der Waals surface area contributed by atoms with Gasteiger partial charge in [0, 0.05) is 19.1 Å². The molecule has 96 valence electrons. The van der Waals surface area contributed by atoms with E-state index in [9.17, 15) is 4.79 Å². The summed E-state index contributed by atoms with van der Waals surface area (Å²) >= 11 is 0. The first-order chi connectivity index (χ1) is 7.34. The predicted molar refractivity (Wildman–Crippen MR) is 68.5 cm³/mol. The predicted octanol–water partition coefficient (Wildman–Crippen LogP) is 0.687. The molecule has 0 aromatic carbocycles. The van der Waals surface area contributed by atoms with Gasteiger partial charge < -0.3 is 15.5 Å². The Morgan fingerprint density at radius 1 is 1.19 bits per heavy atom. The van der Waals surface area contributed by atoms with Crippen LogP contribution in [-0.2, 0) is 4.79 Å². The van der Waals surface area contributed by atoms with Crippen LogP contribution in [0.3, 0.4) is 0 Å². The molecule has 16 heavy (non-hydrogen) atoms. The summed E-state index contributed by atoms with van der Waals surface area (Å²) in [5.41, 5.74) is 0. The number of rotatable bonds is 7. The fourth-order valence-corrected chi connectivity index (χ4v) is 1.44. The highest BCUT2D eigenvalue weighted by Gasteiger charge is 2.21. The molecule has 1 atom stereocenters. The van der Waals surface area contributed by atoms with Crippen LogP contribution < -0.4 is 10.6 Å². The number of nitrogens with one attached hydrogen (secondary N) is 2. The van der Waals surface area contributed by atoms with Gasteiger partial charge in [-0.05, 0) is 20.0 Å². The van der Waals surface area contributed by atoms with Crippen LogP contribution in [-0.4, -0.2) is 50.1 Å². The van der Waals surface area contributed by atoms with Crippen LogP contribution in [0.15, 0.2) is 0 Å². The van der Waals surface area contributed by atoms with E-state index in [1.54, 1.807) is 0 Å². The van der Waals surface area contributed by atoms with Gasteiger partial charge in [0.2, 0.25) is 5.91 Å². The molecule has 0 aromatic heterocycles. The van der Waals surface area contributed by atoms with Gasteiger partial charge >= 0.3 is 0 Å². The number of carbonyl (C=O) groups is 1. The molecule has 0 bridgehead atoms. The number of carbonyl (C=O) groups excluding carboxylic acids is 1. The first kappa shape index (κ1) is 15.4. The van der Waals surface area contributed by atoms with Crippen molar-refractivity contribution >= 4 is 5.91 Å². The topological polar surface area (TPSA) is 44.4 Å². The lowest BCUT2D eigenvalue weighted by Crippen LogP contribution is -2.50. The highest BCUT2D eigenvalue weighted by atomic mass is 16.2. The summed E-state index contributed by atoms with van der Waals surface area (Å²) in [5.74, 6) is 0.410. The van der Waals surface area contributed by atoms with E-state index >= 15 is 0 Å². The fraction of sp³-hybridized carbons (Fsp3) is 0.917. The zero-order chi connectivity index (χ0) is 12.7. The smallest absolute Gasteiger partial charge is 0.237 e. The molecular weight excluding hydrogens is 202 g/mol. The number of likely N-dealkylation sites (N-methyl/N-ethyl adjacent to an activating group) is 1. The van der Waals surface area contributed by atoms with E-state index in [1.165, 1.54) is 0 Å². The van der Waals surface area contributed by atoms with Gasteiger partial charge in [-0.3, -0.25) is 4.79 Å². The van der Waals surface area contributed by atoms with E-state index in [4.69, 9.17) is 0 Å². The third kappa shape index (κ3) is 6.80. The van der Waals surface area contributed by atoms with Gasteiger partial charge in [-0.25, -0.2) is 0 Å². The Morgan fingerprint density at radius 2 is 1.75 bits per heavy atom. The van der Waals surface area contributed by atoms with Crippen LogP contribution in [0.5, 0.6) is 0 Å². The second-order valence-corrected chi connectivity index (χ2v) is 5.14. The van der Waals surface area contributed by atoms with Crippen molar-refractivity contribution in [1.82, 2.24) is 15.5 Å². The molecule has 0 fully saturated rings. The Labute approximate surface area is 99.8 Å². The second-order valence-electron chi connectivity index (χ2n) is 5.14. The van der Waals surface area contributed by atoms with Crippen molar-refractivity contribution in [2.24, 2.45) is 5.92 Å². The Bertz CT molecular complexity index is 202. The third-order valence-electron chi connectivity index (χ3n) is 2.32. The summed E-state index contributed by atoms with van der Waals surface area (Å²) in [6, 6.07) is 0.231. The van der Waals surface area contributed by atoms with Crippen molar-refractivity contribution in [3.05, 3.63) is 0 Å². The molecule has 1 amide bonds. The van der Waals surface area contributed by atoms with E-state index in [-0.39, 0.29) is 11.9 Å². The summed E-state index contributed by atoms with van der Waals surface area (Å²) in [5, 5.41) is 6.25. The van der Waals surface area contributed by atoms with E-state index in [2.05, 4.69) is 43.2 Å². The molecule has 0 saturated carbocycles. The lowest BCUT2D eigenvalue weighted by Gasteiger charge is -2.24. The van der Waals surface area contributed by atoms with Crippen LogP contribution in [0.25, 0.3) is 0 Å². The lowest BCUT2D eigenvalue weighted by molar-refractivity contribution is -0.124. The molecule has 0 aliphatic carbocycles. The van der Waals surface area contributed by atoms with E-state index in [0.29, 0.717) is 18.5 Å². The minimum absolute atomic E-state index is 0.0952. The molecule has 0 aliphatic heterocycles. The molecule has 0 rings (SSSR count). The average molecular weight is 229 g/mol. The number of hydrogen-bond donors (Lipinski definition) is 2. The SMILES string of the molecule is CC(C)NC(C(=O)NCCN(C)C)C(C)C. The maximum atomic E-state index is 11.9. The van der Waals surface area contributed by atoms with Crippen molar-refractivity contribution < 1.29 is 4.79 Å². The van der Waals surface area contributed by atoms with Crippen LogP contribution in [0.4, 0.5) is 0 Å². The Balaban J connectivity index is 4.07. The van der Waals surface area contributed by atoms with E-state index < -0.39 is 0 Å². The van der Waals surface area contributed by atoms with Crippen molar-refractivity contribution in [2.45, 2.75) is 39.8 Å². The molecular formula is C12H27N3O. The van der Waals surface area contributed by atoms with Crippen molar-refractivity contribution in [1.29, 1.82) is 0 Å². The minimum atomic E-state index is -0.0952. The highest BCUT2D eigenvalue weighted by Crippen LogP contribution is 2.02. The van der Waals surface area contributed by atoms with Crippen LogP contribution in [0, 0.1) is 5.92 Å². The molecule has 0 radical (unpaired) electrons. The van der Waals surface area contributed by atoms with E-state index in [0.717, 1.165) is 6.54 Å². The molecule has 0 saturated heterocycles. The quantitative estimate of drug-likeness (QED) is 0.675. The minimum Gasteiger partial charge on any atom is -0.353 e. The Hall–Kier alpha value is -0.610. The van der Waals surface area contributed by atoms with Crippen molar-refractivity contribution in [3.8, 4) is 0 Å². The van der Waals surface area contributed by atoms with Gasteiger partial charge in [0.05, 0.1) is 6.04 Å². The third-order valence-corrected chi connectivity index (χ3v) is 2.32. The van der Waals surface area contributed by atoms with E-state index in [1.807, 2.05) is 14.1 Å². The van der Waals surface area contributed by atoms with Crippen LogP contribution >= 0.6 is 0 Å². The zero-order valence-corrected chi connectivity index (χ0v) is 11.5. The Morgan fingerprint density at radius 3 is 2.12 bits per heavy atom. The summed E-state index contributed by atoms with van der Waals surface area (Å²) < 4.78 is 0. The second kappa shape index (κ2) is 7.63.